The molecule has 2 atom stereocenters. The third-order valence-corrected chi connectivity index (χ3v) is 2.44. The molecule has 0 unspecified atom stereocenters. The molecule has 1 aliphatic heterocycles. The molecule has 4 N–H and O–H groups in total. The summed E-state index contributed by atoms with van der Waals surface area (Å²) < 4.78 is 0. The van der Waals surface area contributed by atoms with Crippen molar-refractivity contribution in [3.63, 3.8) is 0 Å². The van der Waals surface area contributed by atoms with Crippen molar-refractivity contribution < 1.29 is 9.59 Å². The van der Waals surface area contributed by atoms with Crippen molar-refractivity contribution in [1.29, 1.82) is 0 Å². The highest BCUT2D eigenvalue weighted by Gasteiger charge is 2.25. The zero-order valence-corrected chi connectivity index (χ0v) is 8.38. The molecule has 1 rings (SSSR count). The van der Waals surface area contributed by atoms with Gasteiger partial charge in [0.2, 0.25) is 11.8 Å². The van der Waals surface area contributed by atoms with Gasteiger partial charge in [-0.3, -0.25) is 9.59 Å². The van der Waals surface area contributed by atoms with Crippen molar-refractivity contribution in [2.24, 2.45) is 11.7 Å². The molecule has 0 spiro atoms. The van der Waals surface area contributed by atoms with E-state index in [1.54, 1.807) is 6.92 Å². The van der Waals surface area contributed by atoms with Crippen molar-refractivity contribution in [3.8, 4) is 0 Å². The van der Waals surface area contributed by atoms with E-state index in [2.05, 4.69) is 10.6 Å². The Morgan fingerprint density at radius 2 is 2.21 bits per heavy atom. The summed E-state index contributed by atoms with van der Waals surface area (Å²) in [5.41, 5.74) is 5.20. The lowest BCUT2D eigenvalue weighted by Crippen LogP contribution is -2.51. The molecule has 0 saturated carbocycles. The molecule has 2 amide bonds. The van der Waals surface area contributed by atoms with E-state index in [0.717, 1.165) is 6.54 Å². The first-order chi connectivity index (χ1) is 6.63. The van der Waals surface area contributed by atoms with E-state index in [9.17, 15) is 9.59 Å². The van der Waals surface area contributed by atoms with E-state index in [1.165, 1.54) is 0 Å². The minimum atomic E-state index is -0.298. The number of primary amides is 1. The number of amides is 2. The number of carbonyl (C=O) groups is 2. The van der Waals surface area contributed by atoms with Crippen LogP contribution in [-0.2, 0) is 9.59 Å². The summed E-state index contributed by atoms with van der Waals surface area (Å²) in [5, 5.41) is 5.92. The van der Waals surface area contributed by atoms with Crippen LogP contribution in [0.3, 0.4) is 0 Å². The third kappa shape index (κ3) is 2.99. The molecule has 0 aromatic rings. The highest BCUT2D eigenvalue weighted by molar-refractivity contribution is 5.78. The summed E-state index contributed by atoms with van der Waals surface area (Å²) >= 11 is 0. The summed E-state index contributed by atoms with van der Waals surface area (Å²) in [5.74, 6) is -0.444. The SMILES string of the molecule is CCC(=O)N[C@H]1CNC[C@H](C(N)=O)C1. The van der Waals surface area contributed by atoms with Crippen molar-refractivity contribution in [3.05, 3.63) is 0 Å². The Morgan fingerprint density at radius 3 is 2.79 bits per heavy atom. The fourth-order valence-corrected chi connectivity index (χ4v) is 1.60. The van der Waals surface area contributed by atoms with Crippen LogP contribution in [-0.4, -0.2) is 30.9 Å². The van der Waals surface area contributed by atoms with E-state index in [1.807, 2.05) is 0 Å². The zero-order valence-electron chi connectivity index (χ0n) is 8.38. The first-order valence-electron chi connectivity index (χ1n) is 4.93. The second-order valence-electron chi connectivity index (χ2n) is 3.61. The minimum Gasteiger partial charge on any atom is -0.369 e. The number of rotatable bonds is 3. The van der Waals surface area contributed by atoms with Gasteiger partial charge in [0.15, 0.2) is 0 Å². The van der Waals surface area contributed by atoms with Gasteiger partial charge in [0.05, 0.1) is 5.92 Å². The predicted octanol–water partition coefficient (Wildman–Crippen LogP) is -1.02. The molecule has 1 saturated heterocycles. The Hall–Kier alpha value is -1.10. The summed E-state index contributed by atoms with van der Waals surface area (Å²) in [7, 11) is 0. The third-order valence-electron chi connectivity index (χ3n) is 2.44. The van der Waals surface area contributed by atoms with Gasteiger partial charge in [0, 0.05) is 25.6 Å². The van der Waals surface area contributed by atoms with Gasteiger partial charge in [-0.1, -0.05) is 6.92 Å². The lowest BCUT2D eigenvalue weighted by atomic mass is 9.95. The molecule has 14 heavy (non-hydrogen) atoms. The van der Waals surface area contributed by atoms with Crippen molar-refractivity contribution in [2.75, 3.05) is 13.1 Å². The average Bonchev–Trinajstić information content (AvgIpc) is 2.18. The standard InChI is InChI=1S/C9H17N3O2/c1-2-8(13)12-7-3-6(9(10)14)4-11-5-7/h6-7,11H,2-5H2,1H3,(H2,10,14)(H,12,13)/t6-,7-/m1/s1. The minimum absolute atomic E-state index is 0.0157. The van der Waals surface area contributed by atoms with Crippen LogP contribution in [0.4, 0.5) is 0 Å². The lowest BCUT2D eigenvalue weighted by Gasteiger charge is -2.28. The highest BCUT2D eigenvalue weighted by Crippen LogP contribution is 2.09. The van der Waals surface area contributed by atoms with Gasteiger partial charge in [-0.2, -0.15) is 0 Å². The van der Waals surface area contributed by atoms with Crippen LogP contribution in [0.25, 0.3) is 0 Å². The normalized spacial score (nSPS) is 26.9. The van der Waals surface area contributed by atoms with Crippen LogP contribution >= 0.6 is 0 Å². The van der Waals surface area contributed by atoms with Crippen LogP contribution in [0.2, 0.25) is 0 Å². The van der Waals surface area contributed by atoms with Gasteiger partial charge in [-0.15, -0.1) is 0 Å². The van der Waals surface area contributed by atoms with E-state index in [-0.39, 0.29) is 23.8 Å². The molecule has 80 valence electrons. The number of carbonyl (C=O) groups excluding carboxylic acids is 2. The first-order valence-corrected chi connectivity index (χ1v) is 4.93. The molecular formula is C9H17N3O2. The van der Waals surface area contributed by atoms with Gasteiger partial charge in [-0.05, 0) is 6.42 Å². The molecule has 0 radical (unpaired) electrons. The lowest BCUT2D eigenvalue weighted by molar-refractivity contribution is -0.125. The molecule has 1 aliphatic rings. The second-order valence-corrected chi connectivity index (χ2v) is 3.61. The van der Waals surface area contributed by atoms with Gasteiger partial charge >= 0.3 is 0 Å². The van der Waals surface area contributed by atoms with Gasteiger partial charge in [0.25, 0.3) is 0 Å². The maximum absolute atomic E-state index is 11.1. The Labute approximate surface area is 83.4 Å². The number of piperidine rings is 1. The smallest absolute Gasteiger partial charge is 0.221 e. The van der Waals surface area contributed by atoms with Crippen LogP contribution in [0.1, 0.15) is 19.8 Å². The van der Waals surface area contributed by atoms with Gasteiger partial charge in [-0.25, -0.2) is 0 Å². The Bertz CT molecular complexity index is 230. The molecular weight excluding hydrogens is 182 g/mol. The fourth-order valence-electron chi connectivity index (χ4n) is 1.60. The topological polar surface area (TPSA) is 84.2 Å². The molecule has 5 nitrogen and oxygen atoms in total. The van der Waals surface area contributed by atoms with E-state index < -0.39 is 0 Å². The average molecular weight is 199 g/mol. The van der Waals surface area contributed by atoms with Crippen molar-refractivity contribution >= 4 is 11.8 Å². The monoisotopic (exact) mass is 199 g/mol. The van der Waals surface area contributed by atoms with Gasteiger partial charge < -0.3 is 16.4 Å². The molecule has 5 heteroatoms. The number of hydrogen-bond donors (Lipinski definition) is 3. The number of nitrogens with two attached hydrogens (primary N) is 1. The van der Waals surface area contributed by atoms with Crippen LogP contribution < -0.4 is 16.4 Å². The molecule has 0 bridgehead atoms. The largest absolute Gasteiger partial charge is 0.369 e. The van der Waals surface area contributed by atoms with Gasteiger partial charge in [0.1, 0.15) is 0 Å². The number of hydrogen-bond acceptors (Lipinski definition) is 3. The zero-order chi connectivity index (χ0) is 10.6. The fraction of sp³-hybridized carbons (Fsp3) is 0.778. The Kier molecular flexibility index (Phi) is 3.88. The maximum Gasteiger partial charge on any atom is 0.221 e. The number of nitrogens with one attached hydrogen (secondary N) is 2. The summed E-state index contributed by atoms with van der Waals surface area (Å²) in [6.07, 6.45) is 1.12. The molecule has 1 fully saturated rings. The Balaban J connectivity index is 2.40. The quantitative estimate of drug-likeness (QED) is 0.543. The Morgan fingerprint density at radius 1 is 1.50 bits per heavy atom. The molecule has 1 heterocycles. The van der Waals surface area contributed by atoms with Crippen molar-refractivity contribution in [1.82, 2.24) is 10.6 Å². The van der Waals surface area contributed by atoms with E-state index >= 15 is 0 Å². The maximum atomic E-state index is 11.1. The van der Waals surface area contributed by atoms with Crippen LogP contribution in [0, 0.1) is 5.92 Å². The summed E-state index contributed by atoms with van der Waals surface area (Å²) in [6, 6.07) is 0.0358. The highest BCUT2D eigenvalue weighted by atomic mass is 16.2. The van der Waals surface area contributed by atoms with E-state index in [4.69, 9.17) is 5.73 Å². The predicted molar refractivity (Wildman–Crippen MR) is 52.4 cm³/mol. The first kappa shape index (κ1) is 11.0. The molecule has 0 aromatic heterocycles. The van der Waals surface area contributed by atoms with Crippen LogP contribution in [0.15, 0.2) is 0 Å². The molecule has 0 aromatic carbocycles. The van der Waals surface area contributed by atoms with Crippen LogP contribution in [0.5, 0.6) is 0 Å². The summed E-state index contributed by atoms with van der Waals surface area (Å²) in [6.45, 7) is 3.14. The second kappa shape index (κ2) is 4.95. The van der Waals surface area contributed by atoms with E-state index in [0.29, 0.717) is 19.4 Å². The summed E-state index contributed by atoms with van der Waals surface area (Å²) in [4.78, 5) is 22.0. The molecule has 0 aliphatic carbocycles. The van der Waals surface area contributed by atoms with Crippen molar-refractivity contribution in [2.45, 2.75) is 25.8 Å².